The van der Waals surface area contributed by atoms with Gasteiger partial charge in [0.2, 0.25) is 0 Å². The Morgan fingerprint density at radius 2 is 1.59 bits per heavy atom. The predicted octanol–water partition coefficient (Wildman–Crippen LogP) is 5.57. The van der Waals surface area contributed by atoms with Gasteiger partial charge in [-0.1, -0.05) is 90.1 Å². The Labute approximate surface area is 228 Å². The third-order valence-electron chi connectivity index (χ3n) is 6.44. The van der Waals surface area contributed by atoms with Gasteiger partial charge in [0.15, 0.2) is 0 Å². The minimum atomic E-state index is -0.493. The Morgan fingerprint density at radius 3 is 2.23 bits per heavy atom. The third kappa shape index (κ3) is 4.53. The lowest BCUT2D eigenvalue weighted by atomic mass is 9.99. The van der Waals surface area contributed by atoms with Gasteiger partial charge in [-0.05, 0) is 30.2 Å². The van der Waals surface area contributed by atoms with Crippen LogP contribution >= 0.6 is 11.8 Å². The number of aryl methyl sites for hydroxylation is 1. The highest BCUT2D eigenvalue weighted by Gasteiger charge is 2.25. The Morgan fingerprint density at radius 1 is 0.923 bits per heavy atom. The zero-order valence-corrected chi connectivity index (χ0v) is 21.9. The van der Waals surface area contributed by atoms with Gasteiger partial charge in [-0.3, -0.25) is 19.3 Å². The van der Waals surface area contributed by atoms with Crippen molar-refractivity contribution in [2.45, 2.75) is 11.9 Å². The van der Waals surface area contributed by atoms with E-state index in [1.807, 2.05) is 36.4 Å². The number of rotatable bonds is 6. The minimum absolute atomic E-state index is 0.0173. The second kappa shape index (κ2) is 10.1. The van der Waals surface area contributed by atoms with Gasteiger partial charge in [-0.2, -0.15) is 4.68 Å². The van der Waals surface area contributed by atoms with E-state index in [0.717, 1.165) is 49.4 Å². The molecule has 3 aromatic carbocycles. The molecular weight excluding hydrogens is 508 g/mol. The first-order chi connectivity index (χ1) is 19.0. The highest BCUT2D eigenvalue weighted by molar-refractivity contribution is 8.00. The van der Waals surface area contributed by atoms with E-state index in [1.165, 1.54) is 24.2 Å². The lowest BCUT2D eigenvalue weighted by Crippen LogP contribution is -2.25. The number of hydrogen-bond acceptors (Lipinski definition) is 6. The summed E-state index contributed by atoms with van der Waals surface area (Å²) in [6.45, 7) is 2.06. The van der Waals surface area contributed by atoms with E-state index in [2.05, 4.69) is 70.1 Å². The molecule has 192 valence electrons. The Bertz CT molecular complexity index is 1860. The number of thioether (sulfide) groups is 1. The predicted molar refractivity (Wildman–Crippen MR) is 155 cm³/mol. The molecule has 0 bridgehead atoms. The van der Waals surface area contributed by atoms with E-state index in [1.54, 1.807) is 0 Å². The topological polar surface area (TPSA) is 112 Å². The summed E-state index contributed by atoms with van der Waals surface area (Å²) in [6.07, 6.45) is 1.52. The van der Waals surface area contributed by atoms with Gasteiger partial charge in [0, 0.05) is 17.3 Å². The molecule has 0 spiro atoms. The molecular formula is C30H24N6O2S. The van der Waals surface area contributed by atoms with E-state index in [4.69, 9.17) is 10.7 Å². The van der Waals surface area contributed by atoms with E-state index in [9.17, 15) is 9.59 Å². The molecule has 0 amide bonds. The van der Waals surface area contributed by atoms with Crippen LogP contribution in [0.1, 0.15) is 10.4 Å². The van der Waals surface area contributed by atoms with Crippen molar-refractivity contribution in [3.63, 3.8) is 0 Å². The van der Waals surface area contributed by atoms with Crippen LogP contribution in [0, 0.1) is 6.92 Å². The molecule has 0 aliphatic rings. The average molecular weight is 533 g/mol. The zero-order chi connectivity index (χ0) is 26.9. The maximum Gasteiger partial charge on any atom is 0.275 e. The maximum absolute atomic E-state index is 12.9. The summed E-state index contributed by atoms with van der Waals surface area (Å²) in [5.74, 6) is -0.302. The summed E-state index contributed by atoms with van der Waals surface area (Å²) >= 11 is 1.26. The van der Waals surface area contributed by atoms with Crippen molar-refractivity contribution in [2.24, 2.45) is 0 Å². The number of aromatic nitrogens is 5. The molecule has 0 fully saturated rings. The Kier molecular flexibility index (Phi) is 6.34. The molecule has 0 saturated carbocycles. The molecule has 3 aromatic heterocycles. The van der Waals surface area contributed by atoms with E-state index < -0.39 is 11.5 Å². The molecule has 0 aliphatic heterocycles. The molecule has 0 aliphatic carbocycles. The minimum Gasteiger partial charge on any atom is -0.384 e. The lowest BCUT2D eigenvalue weighted by Gasteiger charge is -2.13. The first-order valence-corrected chi connectivity index (χ1v) is 13.3. The van der Waals surface area contributed by atoms with Gasteiger partial charge < -0.3 is 5.73 Å². The van der Waals surface area contributed by atoms with Crippen LogP contribution in [0.3, 0.4) is 0 Å². The first-order valence-electron chi connectivity index (χ1n) is 12.3. The number of carbonyl (C=O) groups is 1. The Hall–Kier alpha value is -4.89. The number of carbonyl (C=O) groups excluding carboxylic acids is 1. The van der Waals surface area contributed by atoms with Crippen molar-refractivity contribution >= 4 is 34.5 Å². The SMILES string of the molecule is Cc1ccc(-n2c(-c3ccccc3)c(-c3ccccc3)c3c(SCC(=O)n4[nH]c(N)cc4=O)ncnc32)cc1. The smallest absolute Gasteiger partial charge is 0.275 e. The van der Waals surface area contributed by atoms with Crippen LogP contribution in [0.2, 0.25) is 0 Å². The highest BCUT2D eigenvalue weighted by Crippen LogP contribution is 2.44. The molecule has 0 atom stereocenters. The summed E-state index contributed by atoms with van der Waals surface area (Å²) in [5, 5.41) is 4.07. The van der Waals surface area contributed by atoms with Crippen LogP contribution in [0.4, 0.5) is 5.82 Å². The average Bonchev–Trinajstić information content (AvgIpc) is 3.50. The molecule has 6 rings (SSSR count). The number of nitrogen functional groups attached to an aromatic ring is 1. The number of aromatic amines is 1. The summed E-state index contributed by atoms with van der Waals surface area (Å²) < 4.78 is 3.07. The second-order valence-corrected chi connectivity index (χ2v) is 10.0. The number of benzene rings is 3. The molecule has 8 nitrogen and oxygen atoms in total. The van der Waals surface area contributed by atoms with Crippen molar-refractivity contribution in [1.29, 1.82) is 0 Å². The standard InChI is InChI=1S/C30H24N6O2S/c1-19-12-14-22(15-13-19)35-28(21-10-6-3-7-11-21)26(20-8-4-2-5-9-20)27-29(35)32-18-33-30(27)39-17-25(38)36-24(37)16-23(31)34-36/h2-16,18,34H,17,31H2,1H3. The van der Waals surface area contributed by atoms with Crippen molar-refractivity contribution in [2.75, 3.05) is 11.5 Å². The summed E-state index contributed by atoms with van der Waals surface area (Å²) in [7, 11) is 0. The molecule has 6 aromatic rings. The van der Waals surface area contributed by atoms with Gasteiger partial charge >= 0.3 is 0 Å². The fourth-order valence-electron chi connectivity index (χ4n) is 4.69. The van der Waals surface area contributed by atoms with Crippen molar-refractivity contribution < 1.29 is 4.79 Å². The van der Waals surface area contributed by atoms with Gasteiger partial charge in [0.1, 0.15) is 22.8 Å². The van der Waals surface area contributed by atoms with E-state index in [0.29, 0.717) is 5.03 Å². The summed E-state index contributed by atoms with van der Waals surface area (Å²) in [4.78, 5) is 34.4. The first kappa shape index (κ1) is 24.4. The van der Waals surface area contributed by atoms with Crippen molar-refractivity contribution in [3.05, 3.63) is 113 Å². The monoisotopic (exact) mass is 532 g/mol. The number of nitrogens with one attached hydrogen (secondary N) is 1. The molecule has 0 unspecified atom stereocenters. The van der Waals surface area contributed by atoms with Gasteiger partial charge in [-0.25, -0.2) is 9.97 Å². The normalized spacial score (nSPS) is 11.2. The van der Waals surface area contributed by atoms with Crippen LogP contribution in [0.25, 0.3) is 39.1 Å². The molecule has 39 heavy (non-hydrogen) atoms. The largest absolute Gasteiger partial charge is 0.384 e. The number of anilines is 1. The molecule has 9 heteroatoms. The summed E-state index contributed by atoms with van der Waals surface area (Å²) in [6, 6.07) is 29.8. The number of nitrogens with zero attached hydrogens (tertiary/aromatic N) is 4. The van der Waals surface area contributed by atoms with Gasteiger partial charge in [-0.15, -0.1) is 0 Å². The van der Waals surface area contributed by atoms with Crippen LogP contribution in [0.5, 0.6) is 0 Å². The van der Waals surface area contributed by atoms with Gasteiger partial charge in [0.05, 0.1) is 16.8 Å². The fraction of sp³-hybridized carbons (Fsp3) is 0.0667. The van der Waals surface area contributed by atoms with Crippen LogP contribution in [-0.2, 0) is 0 Å². The number of fused-ring (bicyclic) bond motifs is 1. The number of nitrogens with two attached hydrogens (primary N) is 1. The van der Waals surface area contributed by atoms with Crippen LogP contribution in [-0.4, -0.2) is 36.0 Å². The maximum atomic E-state index is 12.9. The number of H-pyrrole nitrogens is 1. The highest BCUT2D eigenvalue weighted by atomic mass is 32.2. The van der Waals surface area contributed by atoms with Gasteiger partial charge in [0.25, 0.3) is 11.5 Å². The lowest BCUT2D eigenvalue weighted by molar-refractivity contribution is 0.0923. The van der Waals surface area contributed by atoms with Crippen LogP contribution < -0.4 is 11.3 Å². The molecule has 0 radical (unpaired) electrons. The molecule has 3 heterocycles. The second-order valence-electron chi connectivity index (χ2n) is 9.07. The third-order valence-corrected chi connectivity index (χ3v) is 7.41. The zero-order valence-electron chi connectivity index (χ0n) is 21.0. The number of hydrogen-bond donors (Lipinski definition) is 2. The van der Waals surface area contributed by atoms with E-state index >= 15 is 0 Å². The molecule has 3 N–H and O–H groups in total. The van der Waals surface area contributed by atoms with E-state index in [-0.39, 0.29) is 11.6 Å². The van der Waals surface area contributed by atoms with Crippen molar-refractivity contribution in [3.8, 4) is 28.1 Å². The Balaban J connectivity index is 1.61. The fourth-order valence-corrected chi connectivity index (χ4v) is 5.54. The summed E-state index contributed by atoms with van der Waals surface area (Å²) in [5.41, 5.74) is 12.0. The quantitative estimate of drug-likeness (QED) is 0.214. The van der Waals surface area contributed by atoms with Crippen molar-refractivity contribution in [1.82, 2.24) is 24.3 Å². The molecule has 0 saturated heterocycles. The van der Waals surface area contributed by atoms with Crippen LogP contribution in [0.15, 0.2) is 107 Å².